The predicted molar refractivity (Wildman–Crippen MR) is 92.0 cm³/mol. The van der Waals surface area contributed by atoms with E-state index in [2.05, 4.69) is 10.6 Å². The van der Waals surface area contributed by atoms with Crippen LogP contribution in [0.1, 0.15) is 32.8 Å². The minimum absolute atomic E-state index is 0.238. The number of ether oxygens (including phenoxy) is 2. The van der Waals surface area contributed by atoms with E-state index in [1.165, 1.54) is 0 Å². The van der Waals surface area contributed by atoms with Crippen LogP contribution in [-0.4, -0.2) is 36.5 Å². The largest absolute Gasteiger partial charge is 0.444 e. The van der Waals surface area contributed by atoms with E-state index >= 15 is 0 Å². The highest BCUT2D eigenvalue weighted by molar-refractivity contribution is 5.94. The molecule has 2 N–H and O–H groups in total. The van der Waals surface area contributed by atoms with Crippen LogP contribution >= 0.6 is 0 Å². The van der Waals surface area contributed by atoms with Crippen molar-refractivity contribution in [2.75, 3.05) is 11.9 Å². The maximum Gasteiger partial charge on any atom is 0.407 e. The maximum atomic E-state index is 12.6. The van der Waals surface area contributed by atoms with Gasteiger partial charge < -0.3 is 20.1 Å². The van der Waals surface area contributed by atoms with Gasteiger partial charge in [0.1, 0.15) is 11.7 Å². The molecular formula is C18H23F3N2O4. The molecule has 1 heterocycles. The van der Waals surface area contributed by atoms with Crippen LogP contribution in [0, 0.1) is 5.92 Å². The first-order valence-corrected chi connectivity index (χ1v) is 8.49. The van der Waals surface area contributed by atoms with Crippen molar-refractivity contribution in [1.82, 2.24) is 5.32 Å². The average molecular weight is 388 g/mol. The number of amides is 2. The summed E-state index contributed by atoms with van der Waals surface area (Å²) >= 11 is 0. The monoisotopic (exact) mass is 388 g/mol. The summed E-state index contributed by atoms with van der Waals surface area (Å²) in [6.45, 7) is 5.01. The van der Waals surface area contributed by atoms with E-state index in [4.69, 9.17) is 9.47 Å². The van der Waals surface area contributed by atoms with Crippen molar-refractivity contribution in [2.24, 2.45) is 5.92 Å². The molecule has 2 unspecified atom stereocenters. The molecule has 0 aromatic heterocycles. The third-order valence-corrected chi connectivity index (χ3v) is 3.81. The van der Waals surface area contributed by atoms with Crippen molar-refractivity contribution < 1.29 is 32.2 Å². The Bertz CT molecular complexity index is 669. The quantitative estimate of drug-likeness (QED) is 0.826. The first kappa shape index (κ1) is 21.0. The third kappa shape index (κ3) is 6.74. The van der Waals surface area contributed by atoms with Crippen LogP contribution in [0.25, 0.3) is 0 Å². The molecule has 0 spiro atoms. The summed E-state index contributed by atoms with van der Waals surface area (Å²) in [4.78, 5) is 23.6. The first-order chi connectivity index (χ1) is 12.4. The molecule has 1 aromatic carbocycles. The maximum absolute atomic E-state index is 12.6. The highest BCUT2D eigenvalue weighted by Gasteiger charge is 2.46. The number of nitrogens with one attached hydrogen (secondary N) is 2. The lowest BCUT2D eigenvalue weighted by atomic mass is 10.0. The second-order valence-corrected chi connectivity index (χ2v) is 7.34. The van der Waals surface area contributed by atoms with Crippen LogP contribution in [0.4, 0.5) is 23.7 Å². The summed E-state index contributed by atoms with van der Waals surface area (Å²) in [6.07, 6.45) is -6.41. The smallest absolute Gasteiger partial charge is 0.407 e. The molecule has 2 atom stereocenters. The van der Waals surface area contributed by atoms with Crippen molar-refractivity contribution in [1.29, 1.82) is 0 Å². The highest BCUT2D eigenvalue weighted by atomic mass is 19.4. The van der Waals surface area contributed by atoms with Crippen LogP contribution in [0.3, 0.4) is 0 Å². The number of hydrogen-bond acceptors (Lipinski definition) is 4. The summed E-state index contributed by atoms with van der Waals surface area (Å²) < 4.78 is 48.0. The molecule has 2 amide bonds. The normalized spacial score (nSPS) is 20.2. The number of alkyl carbamates (subject to hydrolysis) is 1. The van der Waals surface area contributed by atoms with Crippen molar-refractivity contribution in [2.45, 2.75) is 51.6 Å². The number of anilines is 1. The van der Waals surface area contributed by atoms with E-state index in [-0.39, 0.29) is 13.0 Å². The van der Waals surface area contributed by atoms with Crippen molar-refractivity contribution >= 4 is 17.7 Å². The molecule has 1 fully saturated rings. The van der Waals surface area contributed by atoms with E-state index in [9.17, 15) is 22.8 Å². The Morgan fingerprint density at radius 3 is 2.33 bits per heavy atom. The van der Waals surface area contributed by atoms with E-state index in [0.29, 0.717) is 5.69 Å². The van der Waals surface area contributed by atoms with Crippen molar-refractivity contribution in [3.8, 4) is 0 Å². The summed E-state index contributed by atoms with van der Waals surface area (Å²) in [5, 5.41) is 5.14. The van der Waals surface area contributed by atoms with Gasteiger partial charge in [-0.3, -0.25) is 4.79 Å². The van der Waals surface area contributed by atoms with E-state index in [0.717, 1.165) is 5.56 Å². The fourth-order valence-electron chi connectivity index (χ4n) is 2.45. The molecule has 27 heavy (non-hydrogen) atoms. The number of alkyl halides is 3. The molecule has 6 nitrogen and oxygen atoms in total. The van der Waals surface area contributed by atoms with E-state index < -0.39 is 42.4 Å². The lowest BCUT2D eigenvalue weighted by molar-refractivity contribution is -0.173. The van der Waals surface area contributed by atoms with Crippen LogP contribution in [0.5, 0.6) is 0 Å². The number of hydrogen-bond donors (Lipinski definition) is 2. The second-order valence-electron chi connectivity index (χ2n) is 7.34. The van der Waals surface area contributed by atoms with Gasteiger partial charge in [0.2, 0.25) is 0 Å². The molecule has 9 heteroatoms. The fraction of sp³-hybridized carbons (Fsp3) is 0.556. The second kappa shape index (κ2) is 8.16. The molecule has 0 aliphatic carbocycles. The van der Waals surface area contributed by atoms with Gasteiger partial charge in [-0.1, -0.05) is 12.1 Å². The lowest BCUT2D eigenvalue weighted by Gasteiger charge is -2.19. The minimum Gasteiger partial charge on any atom is -0.444 e. The zero-order chi connectivity index (χ0) is 20.2. The fourth-order valence-corrected chi connectivity index (χ4v) is 2.45. The molecule has 150 valence electrons. The molecule has 2 rings (SSSR count). The van der Waals surface area contributed by atoms with Crippen molar-refractivity contribution in [3.05, 3.63) is 29.8 Å². The number of rotatable bonds is 4. The topological polar surface area (TPSA) is 76.7 Å². The molecule has 1 aromatic rings. The lowest BCUT2D eigenvalue weighted by Crippen LogP contribution is -2.32. The number of benzene rings is 1. The van der Waals surface area contributed by atoms with Gasteiger partial charge in [-0.15, -0.1) is 0 Å². The van der Waals surface area contributed by atoms with Crippen LogP contribution < -0.4 is 10.6 Å². The zero-order valence-corrected chi connectivity index (χ0v) is 15.4. The standard InChI is InChI=1S/C18H23F3N2O4/c1-17(2,3)27-16(25)22-9-11-4-6-13(7-5-11)23-15(24)14-8-12(10-26-14)18(19,20)21/h4-7,12,14H,8-10H2,1-3H3,(H,22,25)(H,23,24). The van der Waals surface area contributed by atoms with Gasteiger partial charge in [-0.2, -0.15) is 13.2 Å². The molecule has 1 aliphatic heterocycles. The Balaban J connectivity index is 1.82. The molecular weight excluding hydrogens is 365 g/mol. The van der Waals surface area contributed by atoms with Gasteiger partial charge in [0, 0.05) is 12.2 Å². The first-order valence-electron chi connectivity index (χ1n) is 8.49. The Labute approximate surface area is 155 Å². The molecule has 0 radical (unpaired) electrons. The van der Waals surface area contributed by atoms with Gasteiger partial charge in [-0.05, 0) is 44.9 Å². The summed E-state index contributed by atoms with van der Waals surface area (Å²) in [7, 11) is 0. The number of carbonyl (C=O) groups excluding carboxylic acids is 2. The predicted octanol–water partition coefficient (Wildman–Crippen LogP) is 3.62. The van der Waals surface area contributed by atoms with E-state index in [1.807, 2.05) is 0 Å². The Morgan fingerprint density at radius 1 is 1.19 bits per heavy atom. The zero-order valence-electron chi connectivity index (χ0n) is 15.4. The van der Waals surface area contributed by atoms with Gasteiger partial charge in [0.25, 0.3) is 5.91 Å². The Kier molecular flexibility index (Phi) is 6.35. The summed E-state index contributed by atoms with van der Waals surface area (Å²) in [5.74, 6) is -2.23. The van der Waals surface area contributed by atoms with Gasteiger partial charge >= 0.3 is 12.3 Å². The SMILES string of the molecule is CC(C)(C)OC(=O)NCc1ccc(NC(=O)C2CC(C(F)(F)F)CO2)cc1. The Hall–Kier alpha value is -2.29. The third-order valence-electron chi connectivity index (χ3n) is 3.81. The van der Waals surface area contributed by atoms with Crippen LogP contribution in [-0.2, 0) is 20.8 Å². The van der Waals surface area contributed by atoms with E-state index in [1.54, 1.807) is 45.0 Å². The highest BCUT2D eigenvalue weighted by Crippen LogP contribution is 2.35. The van der Waals surface area contributed by atoms with Gasteiger partial charge in [0.15, 0.2) is 0 Å². The van der Waals surface area contributed by atoms with Gasteiger partial charge in [0.05, 0.1) is 12.5 Å². The summed E-state index contributed by atoms with van der Waals surface area (Å²) in [6, 6.07) is 6.56. The molecule has 1 saturated heterocycles. The molecule has 1 aliphatic rings. The number of carbonyl (C=O) groups is 2. The van der Waals surface area contributed by atoms with Gasteiger partial charge in [-0.25, -0.2) is 4.79 Å². The molecule has 0 bridgehead atoms. The molecule has 0 saturated carbocycles. The summed E-state index contributed by atoms with van der Waals surface area (Å²) in [5.41, 5.74) is 0.610. The van der Waals surface area contributed by atoms with Crippen LogP contribution in [0.15, 0.2) is 24.3 Å². The van der Waals surface area contributed by atoms with Crippen LogP contribution in [0.2, 0.25) is 0 Å². The number of halogens is 3. The average Bonchev–Trinajstić information content (AvgIpc) is 3.03. The Morgan fingerprint density at radius 2 is 1.81 bits per heavy atom. The van der Waals surface area contributed by atoms with Crippen molar-refractivity contribution in [3.63, 3.8) is 0 Å². The minimum atomic E-state index is -4.36.